The molecular weight excluding hydrogens is 276 g/mol. The van der Waals surface area contributed by atoms with Crippen LogP contribution in [0.5, 0.6) is 0 Å². The predicted octanol–water partition coefficient (Wildman–Crippen LogP) is 0.895. The van der Waals surface area contributed by atoms with Gasteiger partial charge in [0, 0.05) is 5.02 Å². The van der Waals surface area contributed by atoms with Gasteiger partial charge in [-0.2, -0.15) is 5.26 Å². The molecule has 0 fully saturated rings. The van der Waals surface area contributed by atoms with Gasteiger partial charge in [-0.1, -0.05) is 23.7 Å². The Hall–Kier alpha value is -1.58. The van der Waals surface area contributed by atoms with Gasteiger partial charge in [0.25, 0.3) is 0 Å². The van der Waals surface area contributed by atoms with E-state index in [0.717, 1.165) is 0 Å². The van der Waals surface area contributed by atoms with Crippen molar-refractivity contribution >= 4 is 27.3 Å². The van der Waals surface area contributed by atoms with Crippen molar-refractivity contribution in [2.75, 3.05) is 12.3 Å². The van der Waals surface area contributed by atoms with E-state index in [1.165, 1.54) is 0 Å². The monoisotopic (exact) mass is 286 g/mol. The van der Waals surface area contributed by atoms with Crippen molar-refractivity contribution in [3.8, 4) is 6.07 Å². The molecule has 7 heteroatoms. The van der Waals surface area contributed by atoms with E-state index >= 15 is 0 Å². The van der Waals surface area contributed by atoms with Crippen molar-refractivity contribution in [3.63, 3.8) is 0 Å². The molecule has 0 saturated carbocycles. The lowest BCUT2D eigenvalue weighted by Gasteiger charge is -2.04. The molecule has 0 unspecified atom stereocenters. The molecule has 0 aliphatic carbocycles. The number of carbonyl (C=O) groups excluding carboxylic acids is 1. The van der Waals surface area contributed by atoms with E-state index in [-0.39, 0.29) is 12.3 Å². The van der Waals surface area contributed by atoms with Gasteiger partial charge in [-0.05, 0) is 17.7 Å². The first-order chi connectivity index (χ1) is 8.43. The van der Waals surface area contributed by atoms with Crippen LogP contribution in [-0.4, -0.2) is 26.6 Å². The van der Waals surface area contributed by atoms with E-state index in [0.29, 0.717) is 10.6 Å². The van der Waals surface area contributed by atoms with E-state index in [1.807, 2.05) is 0 Å². The fraction of sp³-hybridized carbons (Fsp3) is 0.273. The third-order valence-corrected chi connectivity index (χ3v) is 3.74. The SMILES string of the molecule is N#CCNC(=O)CS(=O)(=O)Cc1ccc(Cl)cc1. The van der Waals surface area contributed by atoms with Crippen molar-refractivity contribution in [1.82, 2.24) is 5.32 Å². The molecule has 0 atom stereocenters. The summed E-state index contributed by atoms with van der Waals surface area (Å²) in [6, 6.07) is 8.05. The van der Waals surface area contributed by atoms with Gasteiger partial charge in [0.15, 0.2) is 9.84 Å². The van der Waals surface area contributed by atoms with Gasteiger partial charge in [-0.15, -0.1) is 0 Å². The van der Waals surface area contributed by atoms with Crippen molar-refractivity contribution in [2.24, 2.45) is 0 Å². The first-order valence-corrected chi connectivity index (χ1v) is 7.21. The molecule has 1 aromatic carbocycles. The van der Waals surface area contributed by atoms with Crippen molar-refractivity contribution in [2.45, 2.75) is 5.75 Å². The predicted molar refractivity (Wildman–Crippen MR) is 67.6 cm³/mol. The number of nitriles is 1. The van der Waals surface area contributed by atoms with Crippen LogP contribution in [0, 0.1) is 11.3 Å². The summed E-state index contributed by atoms with van der Waals surface area (Å²) in [6.07, 6.45) is 0. The first kappa shape index (κ1) is 14.5. The molecule has 1 amide bonds. The second kappa shape index (κ2) is 6.38. The second-order valence-corrected chi connectivity index (χ2v) is 6.09. The zero-order valence-electron chi connectivity index (χ0n) is 9.39. The number of rotatable bonds is 5. The summed E-state index contributed by atoms with van der Waals surface area (Å²) >= 11 is 5.68. The lowest BCUT2D eigenvalue weighted by Crippen LogP contribution is -2.31. The average molecular weight is 287 g/mol. The smallest absolute Gasteiger partial charge is 0.236 e. The van der Waals surface area contributed by atoms with Crippen LogP contribution < -0.4 is 5.32 Å². The van der Waals surface area contributed by atoms with Crippen LogP contribution >= 0.6 is 11.6 Å². The third-order valence-electron chi connectivity index (χ3n) is 2.02. The molecule has 18 heavy (non-hydrogen) atoms. The lowest BCUT2D eigenvalue weighted by atomic mass is 10.2. The maximum atomic E-state index is 11.7. The standard InChI is InChI=1S/C11H11ClN2O3S/c12-10-3-1-9(2-4-10)7-18(16,17)8-11(15)14-6-5-13/h1-4H,6-8H2,(H,14,15). The van der Waals surface area contributed by atoms with Crippen LogP contribution in [0.3, 0.4) is 0 Å². The number of amides is 1. The highest BCUT2D eigenvalue weighted by molar-refractivity contribution is 7.91. The summed E-state index contributed by atoms with van der Waals surface area (Å²) < 4.78 is 23.4. The molecule has 0 saturated heterocycles. The van der Waals surface area contributed by atoms with E-state index in [1.54, 1.807) is 30.3 Å². The fourth-order valence-corrected chi connectivity index (χ4v) is 2.70. The Bertz CT molecular complexity index is 561. The van der Waals surface area contributed by atoms with Gasteiger partial charge in [-0.3, -0.25) is 4.79 Å². The fourth-order valence-electron chi connectivity index (χ4n) is 1.27. The van der Waals surface area contributed by atoms with Crippen LogP contribution in [0.15, 0.2) is 24.3 Å². The molecule has 1 rings (SSSR count). The van der Waals surface area contributed by atoms with Crippen LogP contribution in [0.4, 0.5) is 0 Å². The van der Waals surface area contributed by atoms with Gasteiger partial charge in [0.2, 0.25) is 5.91 Å². The topological polar surface area (TPSA) is 87.0 Å². The maximum Gasteiger partial charge on any atom is 0.236 e. The molecule has 0 aliphatic heterocycles. The Morgan fingerprint density at radius 3 is 2.50 bits per heavy atom. The molecule has 1 N–H and O–H groups in total. The quantitative estimate of drug-likeness (QED) is 0.815. The average Bonchev–Trinajstić information content (AvgIpc) is 2.28. The Labute approximate surface area is 110 Å². The molecule has 5 nitrogen and oxygen atoms in total. The number of nitrogens with one attached hydrogen (secondary N) is 1. The van der Waals surface area contributed by atoms with E-state index in [9.17, 15) is 13.2 Å². The normalized spacial score (nSPS) is 10.7. The number of sulfone groups is 1. The number of halogens is 1. The van der Waals surface area contributed by atoms with Gasteiger partial charge >= 0.3 is 0 Å². The summed E-state index contributed by atoms with van der Waals surface area (Å²) in [6.45, 7) is -0.199. The van der Waals surface area contributed by atoms with Gasteiger partial charge in [0.05, 0.1) is 11.8 Å². The molecule has 0 aromatic heterocycles. The zero-order chi connectivity index (χ0) is 13.6. The Kier molecular flexibility index (Phi) is 5.13. The van der Waals surface area contributed by atoms with Crippen LogP contribution in [-0.2, 0) is 20.4 Å². The van der Waals surface area contributed by atoms with Crippen LogP contribution in [0.2, 0.25) is 5.02 Å². The van der Waals surface area contributed by atoms with Crippen LogP contribution in [0.25, 0.3) is 0 Å². The van der Waals surface area contributed by atoms with Crippen LogP contribution in [0.1, 0.15) is 5.56 Å². The molecular formula is C11H11ClN2O3S. The zero-order valence-corrected chi connectivity index (χ0v) is 11.0. The molecule has 96 valence electrons. The molecule has 0 spiro atoms. The number of hydrogen-bond donors (Lipinski definition) is 1. The molecule has 0 radical (unpaired) electrons. The van der Waals surface area contributed by atoms with E-state index in [2.05, 4.69) is 5.32 Å². The highest BCUT2D eigenvalue weighted by Crippen LogP contribution is 2.12. The highest BCUT2D eigenvalue weighted by atomic mass is 35.5. The number of carbonyl (C=O) groups is 1. The molecule has 0 heterocycles. The number of hydrogen-bond acceptors (Lipinski definition) is 4. The molecule has 0 aliphatic rings. The minimum absolute atomic E-state index is 0.199. The first-order valence-electron chi connectivity index (χ1n) is 5.01. The summed E-state index contributed by atoms with van der Waals surface area (Å²) in [4.78, 5) is 11.2. The van der Waals surface area contributed by atoms with E-state index in [4.69, 9.17) is 16.9 Å². The maximum absolute atomic E-state index is 11.7. The summed E-state index contributed by atoms with van der Waals surface area (Å²) in [7, 11) is -3.54. The minimum Gasteiger partial charge on any atom is -0.342 e. The van der Waals surface area contributed by atoms with Crippen molar-refractivity contribution < 1.29 is 13.2 Å². The number of benzene rings is 1. The Morgan fingerprint density at radius 1 is 1.33 bits per heavy atom. The van der Waals surface area contributed by atoms with Gasteiger partial charge in [-0.25, -0.2) is 8.42 Å². The number of nitrogens with zero attached hydrogens (tertiary/aromatic N) is 1. The van der Waals surface area contributed by atoms with Crippen molar-refractivity contribution in [3.05, 3.63) is 34.9 Å². The Morgan fingerprint density at radius 2 is 1.94 bits per heavy atom. The van der Waals surface area contributed by atoms with Gasteiger partial charge in [0.1, 0.15) is 12.3 Å². The minimum atomic E-state index is -3.54. The second-order valence-electron chi connectivity index (χ2n) is 3.59. The van der Waals surface area contributed by atoms with E-state index < -0.39 is 21.5 Å². The summed E-state index contributed by atoms with van der Waals surface area (Å²) in [5.41, 5.74) is 0.562. The molecule has 1 aromatic rings. The third kappa shape index (κ3) is 5.17. The Balaban J connectivity index is 2.62. The largest absolute Gasteiger partial charge is 0.342 e. The summed E-state index contributed by atoms with van der Waals surface area (Å²) in [5.74, 6) is -1.54. The highest BCUT2D eigenvalue weighted by Gasteiger charge is 2.17. The van der Waals surface area contributed by atoms with Crippen molar-refractivity contribution in [1.29, 1.82) is 5.26 Å². The summed E-state index contributed by atoms with van der Waals surface area (Å²) in [5, 5.41) is 10.9. The lowest BCUT2D eigenvalue weighted by molar-refractivity contribution is -0.118. The molecule has 0 bridgehead atoms. The van der Waals surface area contributed by atoms with Gasteiger partial charge < -0.3 is 5.32 Å².